The second kappa shape index (κ2) is 12.5. The number of carbonyl (C=O) groups is 3. The smallest absolute Gasteiger partial charge is 0.416 e. The molecule has 3 rings (SSSR count). The molecule has 1 fully saturated rings. The Kier molecular flexibility index (Phi) is 9.96. The molecule has 1 saturated heterocycles. The molecular weight excluding hydrogens is 614 g/mol. The van der Waals surface area contributed by atoms with Crippen LogP contribution < -0.4 is 5.32 Å². The van der Waals surface area contributed by atoms with Crippen molar-refractivity contribution in [2.75, 3.05) is 13.1 Å². The summed E-state index contributed by atoms with van der Waals surface area (Å²) < 4.78 is 84.7. The van der Waals surface area contributed by atoms with Crippen molar-refractivity contribution in [3.63, 3.8) is 0 Å². The fourth-order valence-corrected chi connectivity index (χ4v) is 5.74. The summed E-state index contributed by atoms with van der Waals surface area (Å²) in [5.41, 5.74) is -3.64. The lowest BCUT2D eigenvalue weighted by Crippen LogP contribution is -2.34. The first-order chi connectivity index (χ1) is 18.8. The third kappa shape index (κ3) is 9.30. The molecule has 2 amide bonds. The van der Waals surface area contributed by atoms with Gasteiger partial charge in [-0.3, -0.25) is 19.3 Å². The quantitative estimate of drug-likeness (QED) is 0.147. The number of benzene rings is 1. The van der Waals surface area contributed by atoms with Crippen LogP contribution in [0.1, 0.15) is 49.6 Å². The van der Waals surface area contributed by atoms with Crippen molar-refractivity contribution in [3.8, 4) is 11.1 Å². The highest BCUT2D eigenvalue weighted by Crippen LogP contribution is 2.40. The van der Waals surface area contributed by atoms with Gasteiger partial charge in [-0.1, -0.05) is 24.0 Å². The van der Waals surface area contributed by atoms with Crippen LogP contribution in [0.5, 0.6) is 0 Å². The van der Waals surface area contributed by atoms with Crippen molar-refractivity contribution in [1.29, 1.82) is 0 Å². The van der Waals surface area contributed by atoms with Crippen LogP contribution in [-0.4, -0.2) is 45.7 Å². The Labute approximate surface area is 245 Å². The maximum absolute atomic E-state index is 13.2. The van der Waals surface area contributed by atoms with Crippen molar-refractivity contribution < 1.29 is 45.5 Å². The molecule has 0 unspecified atom stereocenters. The molecule has 1 aromatic heterocycles. The molecule has 0 radical (unpaired) electrons. The van der Waals surface area contributed by atoms with Crippen LogP contribution in [0, 0.1) is 0 Å². The number of rotatable bonds is 8. The van der Waals surface area contributed by atoms with Crippen LogP contribution in [0.25, 0.3) is 17.2 Å². The Morgan fingerprint density at radius 3 is 2.15 bits per heavy atom. The van der Waals surface area contributed by atoms with Gasteiger partial charge in [0.15, 0.2) is 0 Å². The number of thiocarbonyl (C=S) groups is 1. The number of amides is 2. The highest BCUT2D eigenvalue weighted by molar-refractivity contribution is 8.26. The first-order valence-electron chi connectivity index (χ1n) is 12.0. The number of hydrogen-bond donors (Lipinski definition) is 1. The molecule has 222 valence electrons. The highest BCUT2D eigenvalue weighted by Gasteiger charge is 2.37. The van der Waals surface area contributed by atoms with Crippen molar-refractivity contribution in [2.45, 2.75) is 51.6 Å². The van der Waals surface area contributed by atoms with E-state index in [2.05, 4.69) is 5.32 Å². The molecule has 0 saturated carbocycles. The molecule has 1 aliphatic rings. The van der Waals surface area contributed by atoms with Gasteiger partial charge in [-0.25, -0.2) is 0 Å². The SMILES string of the molecule is CC(C)(C)OC(=O)CCNC(=O)CCN1C(=O)/C(=C/c2cc(-c3cc(C(F)(F)F)cc(C(F)(F)F)c3)cs2)SC1=S. The molecule has 15 heteroatoms. The molecule has 1 N–H and O–H groups in total. The maximum atomic E-state index is 13.2. The van der Waals surface area contributed by atoms with Crippen LogP contribution in [0.4, 0.5) is 26.3 Å². The van der Waals surface area contributed by atoms with E-state index in [4.69, 9.17) is 17.0 Å². The molecule has 2 heterocycles. The monoisotopic (exact) mass is 638 g/mol. The molecule has 0 spiro atoms. The molecule has 2 aromatic rings. The van der Waals surface area contributed by atoms with Gasteiger partial charge in [0.2, 0.25) is 5.91 Å². The molecule has 1 aliphatic heterocycles. The number of nitrogens with zero attached hydrogens (tertiary/aromatic N) is 1. The number of alkyl halides is 6. The number of halogens is 6. The number of ether oxygens (including phenoxy) is 1. The van der Waals surface area contributed by atoms with Crippen LogP contribution in [0.15, 0.2) is 34.6 Å². The van der Waals surface area contributed by atoms with Gasteiger partial charge >= 0.3 is 18.3 Å². The van der Waals surface area contributed by atoms with Gasteiger partial charge in [0.25, 0.3) is 5.91 Å². The van der Waals surface area contributed by atoms with Gasteiger partial charge in [-0.05, 0) is 67.6 Å². The number of hydrogen-bond acceptors (Lipinski definition) is 7. The zero-order valence-corrected chi connectivity index (χ0v) is 24.3. The van der Waals surface area contributed by atoms with Gasteiger partial charge in [-0.15, -0.1) is 11.3 Å². The minimum atomic E-state index is -4.97. The van der Waals surface area contributed by atoms with Crippen molar-refractivity contribution >= 4 is 63.5 Å². The second-order valence-corrected chi connectivity index (χ2v) is 12.4. The Bertz CT molecular complexity index is 1340. The Hall–Kier alpha value is -2.91. The summed E-state index contributed by atoms with van der Waals surface area (Å²) in [5.74, 6) is -1.37. The largest absolute Gasteiger partial charge is 0.460 e. The summed E-state index contributed by atoms with van der Waals surface area (Å²) in [6.45, 7) is 5.20. The summed E-state index contributed by atoms with van der Waals surface area (Å²) in [5, 5.41) is 3.96. The van der Waals surface area contributed by atoms with Crippen LogP contribution in [-0.2, 0) is 31.5 Å². The summed E-state index contributed by atoms with van der Waals surface area (Å²) in [7, 11) is 0. The molecule has 0 bridgehead atoms. The van der Waals surface area contributed by atoms with Crippen molar-refractivity contribution in [3.05, 3.63) is 50.6 Å². The molecule has 6 nitrogen and oxygen atoms in total. The minimum absolute atomic E-state index is 0.0202. The first-order valence-corrected chi connectivity index (χ1v) is 14.1. The molecule has 41 heavy (non-hydrogen) atoms. The van der Waals surface area contributed by atoms with E-state index in [1.165, 1.54) is 22.4 Å². The third-order valence-electron chi connectivity index (χ3n) is 5.32. The van der Waals surface area contributed by atoms with Crippen molar-refractivity contribution in [1.82, 2.24) is 10.2 Å². The van der Waals surface area contributed by atoms with Gasteiger partial charge < -0.3 is 10.1 Å². The zero-order chi connectivity index (χ0) is 30.8. The number of carbonyl (C=O) groups excluding carboxylic acids is 3. The number of thiophene rings is 1. The summed E-state index contributed by atoms with van der Waals surface area (Å²) >= 11 is 7.22. The fourth-order valence-electron chi connectivity index (χ4n) is 3.52. The van der Waals surface area contributed by atoms with Gasteiger partial charge in [0.05, 0.1) is 22.5 Å². The molecular formula is C26H24F6N2O4S3. The first kappa shape index (κ1) is 32.6. The maximum Gasteiger partial charge on any atom is 0.416 e. The topological polar surface area (TPSA) is 75.7 Å². The zero-order valence-electron chi connectivity index (χ0n) is 21.9. The predicted octanol–water partition coefficient (Wildman–Crippen LogP) is 6.89. The standard InChI is InChI=1S/C26H24F6N2O4S3/c1-24(2,3)38-21(36)4-6-33-20(35)5-7-34-22(37)19(41-23(34)39)12-18-10-15(13-40-18)14-8-16(25(27,28)29)11-17(9-14)26(30,31)32/h8-13H,4-7H2,1-3H3,(H,33,35)/b19-12-. The Balaban J connectivity index is 1.65. The van der Waals surface area contributed by atoms with Crippen molar-refractivity contribution in [2.24, 2.45) is 0 Å². The second-order valence-electron chi connectivity index (χ2n) is 9.80. The fraction of sp³-hybridized carbons (Fsp3) is 0.385. The van der Waals surface area contributed by atoms with E-state index in [9.17, 15) is 40.7 Å². The van der Waals surface area contributed by atoms with Crippen LogP contribution >= 0.6 is 35.3 Å². The summed E-state index contributed by atoms with van der Waals surface area (Å²) in [4.78, 5) is 38.6. The number of esters is 1. The van der Waals surface area contributed by atoms with Gasteiger partial charge in [-0.2, -0.15) is 26.3 Å². The Morgan fingerprint density at radius 1 is 0.976 bits per heavy atom. The highest BCUT2D eigenvalue weighted by atomic mass is 32.2. The number of nitrogens with one attached hydrogen (secondary N) is 1. The van der Waals surface area contributed by atoms with E-state index in [1.807, 2.05) is 0 Å². The lowest BCUT2D eigenvalue weighted by atomic mass is 10.0. The summed E-state index contributed by atoms with van der Waals surface area (Å²) in [6.07, 6.45) is -8.62. The van der Waals surface area contributed by atoms with E-state index in [0.717, 1.165) is 23.1 Å². The minimum Gasteiger partial charge on any atom is -0.460 e. The van der Waals surface area contributed by atoms with E-state index in [1.54, 1.807) is 20.8 Å². The lowest BCUT2D eigenvalue weighted by Gasteiger charge is -2.19. The van der Waals surface area contributed by atoms with E-state index in [0.29, 0.717) is 17.0 Å². The van der Waals surface area contributed by atoms with Crippen LogP contribution in [0.3, 0.4) is 0 Å². The Morgan fingerprint density at radius 2 is 1.59 bits per heavy atom. The summed E-state index contributed by atoms with van der Waals surface area (Å²) in [6, 6.07) is 2.71. The lowest BCUT2D eigenvalue weighted by molar-refractivity contribution is -0.154. The molecule has 0 atom stereocenters. The van der Waals surface area contributed by atoms with E-state index in [-0.39, 0.29) is 52.4 Å². The van der Waals surface area contributed by atoms with E-state index < -0.39 is 46.9 Å². The van der Waals surface area contributed by atoms with Crippen LogP contribution in [0.2, 0.25) is 0 Å². The third-order valence-corrected chi connectivity index (χ3v) is 7.58. The normalized spacial score (nSPS) is 15.5. The molecule has 1 aromatic carbocycles. The van der Waals surface area contributed by atoms with E-state index >= 15 is 0 Å². The average Bonchev–Trinajstić information content (AvgIpc) is 3.39. The average molecular weight is 639 g/mol. The molecule has 0 aliphatic carbocycles. The number of thioether (sulfide) groups is 1. The van der Waals surface area contributed by atoms with Gasteiger partial charge in [0, 0.05) is 24.4 Å². The van der Waals surface area contributed by atoms with Gasteiger partial charge in [0.1, 0.15) is 9.92 Å². The predicted molar refractivity (Wildman–Crippen MR) is 148 cm³/mol.